The molecule has 17 heavy (non-hydrogen) atoms. The smallest absolute Gasteiger partial charge is 0.0576 e. The van der Waals surface area contributed by atoms with Crippen LogP contribution in [0.25, 0.3) is 0 Å². The number of hydrogen-bond acceptors (Lipinski definition) is 2. The molecule has 88 valence electrons. The van der Waals surface area contributed by atoms with Gasteiger partial charge in [-0.1, -0.05) is 35.9 Å². The van der Waals surface area contributed by atoms with E-state index in [4.69, 9.17) is 11.6 Å². The van der Waals surface area contributed by atoms with Crippen molar-refractivity contribution in [3.8, 4) is 0 Å². The first-order valence-electron chi connectivity index (χ1n) is 5.63. The second-order valence-corrected chi connectivity index (χ2v) is 4.30. The van der Waals surface area contributed by atoms with Gasteiger partial charge in [-0.05, 0) is 37.2 Å². The third-order valence-electron chi connectivity index (χ3n) is 2.78. The maximum atomic E-state index is 6.16. The summed E-state index contributed by atoms with van der Waals surface area (Å²) in [6.45, 7) is 0. The van der Waals surface area contributed by atoms with E-state index in [0.29, 0.717) is 0 Å². The molecule has 0 spiro atoms. The Labute approximate surface area is 107 Å². The maximum Gasteiger partial charge on any atom is 0.0576 e. The first kappa shape index (κ1) is 12.1. The summed E-state index contributed by atoms with van der Waals surface area (Å²) in [5.74, 6) is 0. The van der Waals surface area contributed by atoms with Gasteiger partial charge in [0, 0.05) is 11.2 Å². The minimum absolute atomic E-state index is 0.191. The Morgan fingerprint density at radius 3 is 2.59 bits per heavy atom. The Balaban J connectivity index is 2.19. The van der Waals surface area contributed by atoms with Gasteiger partial charge in [0.25, 0.3) is 0 Å². The van der Waals surface area contributed by atoms with Crippen LogP contribution in [0.3, 0.4) is 0 Å². The Morgan fingerprint density at radius 2 is 1.94 bits per heavy atom. The number of benzene rings is 1. The lowest BCUT2D eigenvalue weighted by atomic mass is 10.0. The molecule has 0 bridgehead atoms. The molecule has 2 rings (SSSR count). The van der Waals surface area contributed by atoms with Gasteiger partial charge in [-0.15, -0.1) is 0 Å². The van der Waals surface area contributed by atoms with E-state index in [0.717, 1.165) is 22.7 Å². The van der Waals surface area contributed by atoms with Crippen molar-refractivity contribution in [3.05, 3.63) is 64.9 Å². The van der Waals surface area contributed by atoms with E-state index in [9.17, 15) is 0 Å². The number of aromatic nitrogens is 1. The van der Waals surface area contributed by atoms with Crippen LogP contribution >= 0.6 is 11.6 Å². The van der Waals surface area contributed by atoms with Crippen LogP contribution in [-0.4, -0.2) is 12.0 Å². The van der Waals surface area contributed by atoms with Crippen LogP contribution < -0.4 is 5.32 Å². The van der Waals surface area contributed by atoms with Gasteiger partial charge < -0.3 is 5.32 Å². The fourth-order valence-electron chi connectivity index (χ4n) is 1.82. The third kappa shape index (κ3) is 3.05. The number of rotatable bonds is 4. The van der Waals surface area contributed by atoms with Crippen LogP contribution in [0.15, 0.2) is 48.7 Å². The predicted octanol–water partition coefficient (Wildman–Crippen LogP) is 3.24. The summed E-state index contributed by atoms with van der Waals surface area (Å²) in [6, 6.07) is 14.1. The van der Waals surface area contributed by atoms with Gasteiger partial charge in [-0.2, -0.15) is 0 Å². The zero-order chi connectivity index (χ0) is 12.1. The molecule has 1 atom stereocenters. The van der Waals surface area contributed by atoms with Crippen LogP contribution in [0.1, 0.15) is 17.3 Å². The molecule has 2 nitrogen and oxygen atoms in total. The van der Waals surface area contributed by atoms with Crippen molar-refractivity contribution in [1.29, 1.82) is 0 Å². The van der Waals surface area contributed by atoms with Crippen molar-refractivity contribution in [1.82, 2.24) is 10.3 Å². The molecule has 2 aromatic rings. The zero-order valence-corrected chi connectivity index (χ0v) is 10.5. The fourth-order valence-corrected chi connectivity index (χ4v) is 2.03. The molecule has 0 aliphatic carbocycles. The normalized spacial score (nSPS) is 12.4. The van der Waals surface area contributed by atoms with Gasteiger partial charge in [0.15, 0.2) is 0 Å². The summed E-state index contributed by atoms with van der Waals surface area (Å²) in [5, 5.41) is 4.08. The number of likely N-dealkylation sites (N-methyl/N-ethyl adjacent to an activating group) is 1. The van der Waals surface area contributed by atoms with Gasteiger partial charge >= 0.3 is 0 Å². The van der Waals surface area contributed by atoms with Crippen LogP contribution in [0.2, 0.25) is 5.02 Å². The van der Waals surface area contributed by atoms with Crippen molar-refractivity contribution >= 4 is 11.6 Å². The lowest BCUT2D eigenvalue weighted by Gasteiger charge is -2.16. The third-order valence-corrected chi connectivity index (χ3v) is 3.14. The molecule has 1 N–H and O–H groups in total. The average molecular weight is 247 g/mol. The summed E-state index contributed by atoms with van der Waals surface area (Å²) in [4.78, 5) is 4.37. The fraction of sp³-hybridized carbons (Fsp3) is 0.214. The van der Waals surface area contributed by atoms with Crippen LogP contribution in [0.4, 0.5) is 0 Å². The minimum Gasteiger partial charge on any atom is -0.311 e. The van der Waals surface area contributed by atoms with Gasteiger partial charge in [0.05, 0.1) is 11.7 Å². The van der Waals surface area contributed by atoms with Gasteiger partial charge in [-0.3, -0.25) is 4.98 Å². The summed E-state index contributed by atoms with van der Waals surface area (Å²) < 4.78 is 0. The van der Waals surface area contributed by atoms with Crippen molar-refractivity contribution in [2.24, 2.45) is 0 Å². The second kappa shape index (κ2) is 5.80. The summed E-state index contributed by atoms with van der Waals surface area (Å²) in [5.41, 5.74) is 2.18. The molecule has 0 saturated heterocycles. The Bertz CT molecular complexity index is 471. The first-order valence-corrected chi connectivity index (χ1v) is 6.00. The zero-order valence-electron chi connectivity index (χ0n) is 9.73. The molecule has 0 amide bonds. The second-order valence-electron chi connectivity index (χ2n) is 3.89. The van der Waals surface area contributed by atoms with Crippen molar-refractivity contribution in [3.63, 3.8) is 0 Å². The highest BCUT2D eigenvalue weighted by atomic mass is 35.5. The summed E-state index contributed by atoms with van der Waals surface area (Å²) in [6.07, 6.45) is 2.65. The van der Waals surface area contributed by atoms with E-state index < -0.39 is 0 Å². The van der Waals surface area contributed by atoms with E-state index >= 15 is 0 Å². The van der Waals surface area contributed by atoms with E-state index in [1.807, 2.05) is 49.6 Å². The van der Waals surface area contributed by atoms with Crippen molar-refractivity contribution in [2.75, 3.05) is 7.05 Å². The number of nitrogens with zero attached hydrogens (tertiary/aromatic N) is 1. The van der Waals surface area contributed by atoms with Gasteiger partial charge in [-0.25, -0.2) is 0 Å². The van der Waals surface area contributed by atoms with E-state index in [1.54, 1.807) is 0 Å². The first-order chi connectivity index (χ1) is 8.31. The number of pyridine rings is 1. The van der Waals surface area contributed by atoms with E-state index in [2.05, 4.69) is 16.4 Å². The van der Waals surface area contributed by atoms with Crippen LogP contribution in [-0.2, 0) is 6.42 Å². The molecule has 1 unspecified atom stereocenters. The van der Waals surface area contributed by atoms with Crippen LogP contribution in [0, 0.1) is 0 Å². The quantitative estimate of drug-likeness (QED) is 0.896. The summed E-state index contributed by atoms with van der Waals surface area (Å²) >= 11 is 6.16. The van der Waals surface area contributed by atoms with Crippen molar-refractivity contribution in [2.45, 2.75) is 12.5 Å². The molecule has 3 heteroatoms. The lowest BCUT2D eigenvalue weighted by Crippen LogP contribution is -2.20. The highest BCUT2D eigenvalue weighted by Gasteiger charge is 2.12. The Hall–Kier alpha value is -1.38. The largest absolute Gasteiger partial charge is 0.311 e. The lowest BCUT2D eigenvalue weighted by molar-refractivity contribution is 0.576. The number of halogens is 1. The van der Waals surface area contributed by atoms with Gasteiger partial charge in [0.2, 0.25) is 0 Å². The monoisotopic (exact) mass is 246 g/mol. The van der Waals surface area contributed by atoms with Gasteiger partial charge in [0.1, 0.15) is 0 Å². The Kier molecular flexibility index (Phi) is 4.13. The standard InChI is InChI=1S/C14H15ClN2/c1-16-14(13-8-4-5-9-17-13)10-11-6-2-3-7-12(11)15/h2-9,14,16H,10H2,1H3. The number of hydrogen-bond donors (Lipinski definition) is 1. The molecule has 1 aromatic heterocycles. The minimum atomic E-state index is 0.191. The summed E-state index contributed by atoms with van der Waals surface area (Å²) in [7, 11) is 1.94. The molecular formula is C14H15ClN2. The SMILES string of the molecule is CNC(Cc1ccccc1Cl)c1ccccn1. The highest BCUT2D eigenvalue weighted by Crippen LogP contribution is 2.21. The molecule has 1 heterocycles. The topological polar surface area (TPSA) is 24.9 Å². The molecular weight excluding hydrogens is 232 g/mol. The molecule has 1 aromatic carbocycles. The molecule has 0 fully saturated rings. The molecule has 0 aliphatic rings. The van der Waals surface area contributed by atoms with Crippen molar-refractivity contribution < 1.29 is 0 Å². The Morgan fingerprint density at radius 1 is 1.18 bits per heavy atom. The molecule has 0 saturated carbocycles. The van der Waals surface area contributed by atoms with E-state index in [-0.39, 0.29) is 6.04 Å². The predicted molar refractivity (Wildman–Crippen MR) is 71.2 cm³/mol. The van der Waals surface area contributed by atoms with Crippen LogP contribution in [0.5, 0.6) is 0 Å². The average Bonchev–Trinajstić information content (AvgIpc) is 2.39. The molecule has 0 radical (unpaired) electrons. The number of nitrogens with one attached hydrogen (secondary N) is 1. The highest BCUT2D eigenvalue weighted by molar-refractivity contribution is 6.31. The molecule has 0 aliphatic heterocycles. The maximum absolute atomic E-state index is 6.16. The van der Waals surface area contributed by atoms with E-state index in [1.165, 1.54) is 0 Å².